The molecule has 0 saturated heterocycles. The number of nitrogens with one attached hydrogen (secondary N) is 2. The van der Waals surface area contributed by atoms with Crippen molar-refractivity contribution >= 4 is 33.8 Å². The van der Waals surface area contributed by atoms with Gasteiger partial charge in [-0.1, -0.05) is 19.3 Å². The molecule has 160 valence electrons. The quantitative estimate of drug-likeness (QED) is 0.590. The van der Waals surface area contributed by atoms with Crippen LogP contribution in [0.25, 0.3) is 0 Å². The number of amides is 3. The normalized spacial score (nSPS) is 15.2. The van der Waals surface area contributed by atoms with E-state index in [1.165, 1.54) is 26.2 Å². The molecule has 1 aromatic carbocycles. The van der Waals surface area contributed by atoms with E-state index < -0.39 is 24.0 Å². The second kappa shape index (κ2) is 11.0. The summed E-state index contributed by atoms with van der Waals surface area (Å²) in [6, 6.07) is 2.49. The summed E-state index contributed by atoms with van der Waals surface area (Å²) >= 11 is 3.34. The first-order valence-corrected chi connectivity index (χ1v) is 10.5. The van der Waals surface area contributed by atoms with Crippen molar-refractivity contribution in [2.24, 2.45) is 0 Å². The molecule has 2 rings (SSSR count). The molecular formula is C20H27BrN2O6. The number of hydrogen-bond donors (Lipinski definition) is 2. The number of imide groups is 1. The van der Waals surface area contributed by atoms with Gasteiger partial charge in [-0.2, -0.15) is 0 Å². The number of esters is 1. The number of methoxy groups -OCH3 is 1. The van der Waals surface area contributed by atoms with Gasteiger partial charge in [0, 0.05) is 6.04 Å². The van der Waals surface area contributed by atoms with Crippen LogP contribution in [0.2, 0.25) is 0 Å². The van der Waals surface area contributed by atoms with Gasteiger partial charge in [0.05, 0.1) is 23.8 Å². The number of benzene rings is 1. The molecule has 2 N–H and O–H groups in total. The SMILES string of the molecule is CCOc1c(Br)cc(C(=O)OC(C)C(=O)NC(=O)NC2CCCCC2)cc1OC. The average Bonchev–Trinajstić information content (AvgIpc) is 2.69. The first-order valence-electron chi connectivity index (χ1n) is 9.68. The van der Waals surface area contributed by atoms with Gasteiger partial charge in [0.15, 0.2) is 17.6 Å². The number of halogens is 1. The summed E-state index contributed by atoms with van der Waals surface area (Å²) in [5.74, 6) is -0.583. The first kappa shape index (κ1) is 23.0. The van der Waals surface area contributed by atoms with Gasteiger partial charge in [-0.05, 0) is 54.8 Å². The zero-order valence-electron chi connectivity index (χ0n) is 16.9. The summed E-state index contributed by atoms with van der Waals surface area (Å²) in [5.41, 5.74) is 0.184. The summed E-state index contributed by atoms with van der Waals surface area (Å²) in [6.45, 7) is 3.67. The Morgan fingerprint density at radius 3 is 2.52 bits per heavy atom. The van der Waals surface area contributed by atoms with Crippen molar-refractivity contribution in [1.82, 2.24) is 10.6 Å². The Morgan fingerprint density at radius 1 is 1.21 bits per heavy atom. The number of rotatable bonds is 7. The van der Waals surface area contributed by atoms with Crippen LogP contribution >= 0.6 is 15.9 Å². The largest absolute Gasteiger partial charge is 0.493 e. The van der Waals surface area contributed by atoms with E-state index in [0.717, 1.165) is 32.1 Å². The third-order valence-corrected chi connectivity index (χ3v) is 5.17. The molecule has 0 bridgehead atoms. The highest BCUT2D eigenvalue weighted by Gasteiger charge is 2.24. The molecule has 0 spiro atoms. The molecule has 0 radical (unpaired) electrons. The molecule has 0 aliphatic heterocycles. The van der Waals surface area contributed by atoms with Gasteiger partial charge in [0.25, 0.3) is 5.91 Å². The minimum Gasteiger partial charge on any atom is -0.493 e. The molecule has 0 aromatic heterocycles. The molecular weight excluding hydrogens is 444 g/mol. The Kier molecular flexibility index (Phi) is 8.75. The van der Waals surface area contributed by atoms with Crippen molar-refractivity contribution in [2.75, 3.05) is 13.7 Å². The number of urea groups is 1. The van der Waals surface area contributed by atoms with Crippen molar-refractivity contribution < 1.29 is 28.6 Å². The molecule has 1 fully saturated rings. The van der Waals surface area contributed by atoms with E-state index in [-0.39, 0.29) is 11.6 Å². The third-order valence-electron chi connectivity index (χ3n) is 4.58. The fourth-order valence-electron chi connectivity index (χ4n) is 3.09. The summed E-state index contributed by atoms with van der Waals surface area (Å²) in [5, 5.41) is 5.01. The van der Waals surface area contributed by atoms with Crippen LogP contribution in [-0.4, -0.2) is 43.8 Å². The molecule has 1 atom stereocenters. The molecule has 1 aliphatic rings. The molecule has 1 saturated carbocycles. The van der Waals surface area contributed by atoms with E-state index in [9.17, 15) is 14.4 Å². The van der Waals surface area contributed by atoms with E-state index in [1.54, 1.807) is 0 Å². The zero-order chi connectivity index (χ0) is 21.4. The topological polar surface area (TPSA) is 103 Å². The van der Waals surface area contributed by atoms with E-state index in [2.05, 4.69) is 26.6 Å². The average molecular weight is 471 g/mol. The molecule has 29 heavy (non-hydrogen) atoms. The van der Waals surface area contributed by atoms with E-state index in [1.807, 2.05) is 6.92 Å². The van der Waals surface area contributed by atoms with Crippen molar-refractivity contribution in [3.05, 3.63) is 22.2 Å². The lowest BCUT2D eigenvalue weighted by molar-refractivity contribution is -0.127. The molecule has 0 heterocycles. The Balaban J connectivity index is 1.94. The van der Waals surface area contributed by atoms with Gasteiger partial charge in [0.2, 0.25) is 0 Å². The number of carbonyl (C=O) groups is 3. The van der Waals surface area contributed by atoms with Crippen LogP contribution in [-0.2, 0) is 9.53 Å². The maximum Gasteiger partial charge on any atom is 0.339 e. The Bertz CT molecular complexity index is 749. The Hall–Kier alpha value is -2.29. The molecule has 3 amide bonds. The van der Waals surface area contributed by atoms with Crippen molar-refractivity contribution in [1.29, 1.82) is 0 Å². The highest BCUT2D eigenvalue weighted by atomic mass is 79.9. The number of hydrogen-bond acceptors (Lipinski definition) is 6. The van der Waals surface area contributed by atoms with Crippen LogP contribution in [0.5, 0.6) is 11.5 Å². The van der Waals surface area contributed by atoms with Crippen LogP contribution in [0.15, 0.2) is 16.6 Å². The second-order valence-corrected chi connectivity index (χ2v) is 7.62. The monoisotopic (exact) mass is 470 g/mol. The van der Waals surface area contributed by atoms with Crippen LogP contribution in [0, 0.1) is 0 Å². The lowest BCUT2D eigenvalue weighted by Gasteiger charge is -2.23. The molecule has 9 heteroatoms. The summed E-state index contributed by atoms with van der Waals surface area (Å²) in [4.78, 5) is 36.6. The highest BCUT2D eigenvalue weighted by Crippen LogP contribution is 2.36. The van der Waals surface area contributed by atoms with Gasteiger partial charge in [-0.25, -0.2) is 9.59 Å². The fourth-order valence-corrected chi connectivity index (χ4v) is 3.64. The van der Waals surface area contributed by atoms with Crippen LogP contribution < -0.4 is 20.1 Å². The maximum atomic E-state index is 12.4. The van der Waals surface area contributed by atoms with Crippen LogP contribution in [0.3, 0.4) is 0 Å². The lowest BCUT2D eigenvalue weighted by atomic mass is 9.96. The van der Waals surface area contributed by atoms with Crippen molar-refractivity contribution in [3.63, 3.8) is 0 Å². The minimum atomic E-state index is -1.14. The van der Waals surface area contributed by atoms with E-state index in [0.29, 0.717) is 22.6 Å². The Morgan fingerprint density at radius 2 is 1.90 bits per heavy atom. The first-order chi connectivity index (χ1) is 13.8. The molecule has 8 nitrogen and oxygen atoms in total. The fraction of sp³-hybridized carbons (Fsp3) is 0.550. The standard InChI is InChI=1S/C20H27BrN2O6/c1-4-28-17-15(21)10-13(11-16(17)27-3)19(25)29-12(2)18(24)23-20(26)22-14-8-6-5-7-9-14/h10-12,14H,4-9H2,1-3H3,(H2,22,23,24,26). The molecule has 1 aromatic rings. The minimum absolute atomic E-state index is 0.0723. The molecule has 1 aliphatic carbocycles. The van der Waals surface area contributed by atoms with Gasteiger partial charge in [-0.3, -0.25) is 10.1 Å². The smallest absolute Gasteiger partial charge is 0.339 e. The van der Waals surface area contributed by atoms with Gasteiger partial charge in [-0.15, -0.1) is 0 Å². The highest BCUT2D eigenvalue weighted by molar-refractivity contribution is 9.10. The summed E-state index contributed by atoms with van der Waals surface area (Å²) in [6.07, 6.45) is 3.96. The predicted molar refractivity (Wildman–Crippen MR) is 110 cm³/mol. The number of ether oxygens (including phenoxy) is 3. The van der Waals surface area contributed by atoms with Crippen LogP contribution in [0.1, 0.15) is 56.3 Å². The summed E-state index contributed by atoms with van der Waals surface area (Å²) in [7, 11) is 1.46. The second-order valence-electron chi connectivity index (χ2n) is 6.77. The van der Waals surface area contributed by atoms with Crippen molar-refractivity contribution in [2.45, 2.75) is 58.1 Å². The number of carbonyl (C=O) groups excluding carboxylic acids is 3. The van der Waals surface area contributed by atoms with Crippen LogP contribution in [0.4, 0.5) is 4.79 Å². The van der Waals surface area contributed by atoms with Crippen molar-refractivity contribution in [3.8, 4) is 11.5 Å². The maximum absolute atomic E-state index is 12.4. The van der Waals surface area contributed by atoms with Gasteiger partial charge in [0.1, 0.15) is 0 Å². The molecule has 1 unspecified atom stereocenters. The zero-order valence-corrected chi connectivity index (χ0v) is 18.5. The predicted octanol–water partition coefficient (Wildman–Crippen LogP) is 3.56. The Labute approximate surface area is 178 Å². The van der Waals surface area contributed by atoms with E-state index in [4.69, 9.17) is 14.2 Å². The van der Waals surface area contributed by atoms with E-state index >= 15 is 0 Å². The van der Waals surface area contributed by atoms with Gasteiger partial charge >= 0.3 is 12.0 Å². The van der Waals surface area contributed by atoms with Gasteiger partial charge < -0.3 is 19.5 Å². The summed E-state index contributed by atoms with van der Waals surface area (Å²) < 4.78 is 16.5. The third kappa shape index (κ3) is 6.62. The lowest BCUT2D eigenvalue weighted by Crippen LogP contribution is -2.48.